The van der Waals surface area contributed by atoms with Gasteiger partial charge in [0.25, 0.3) is 5.91 Å². The number of amides is 1. The number of carbonyl (C=O) groups excluding carboxylic acids is 1. The molecular weight excluding hydrogens is 270 g/mol. The highest BCUT2D eigenvalue weighted by molar-refractivity contribution is 7.07. The minimum absolute atomic E-state index is 0.164. The summed E-state index contributed by atoms with van der Waals surface area (Å²) in [5.41, 5.74) is 7.50. The molecule has 18 heavy (non-hydrogen) atoms. The van der Waals surface area contributed by atoms with Gasteiger partial charge in [0, 0.05) is 6.54 Å². The van der Waals surface area contributed by atoms with Crippen molar-refractivity contribution in [2.24, 2.45) is 0 Å². The third kappa shape index (κ3) is 3.21. The van der Waals surface area contributed by atoms with Crippen LogP contribution in [0.5, 0.6) is 0 Å². The molecule has 0 saturated carbocycles. The van der Waals surface area contributed by atoms with E-state index >= 15 is 0 Å². The first-order valence-corrected chi connectivity index (χ1v) is 6.69. The van der Waals surface area contributed by atoms with Gasteiger partial charge in [-0.15, -0.1) is 0 Å². The van der Waals surface area contributed by atoms with Gasteiger partial charge in [0.05, 0.1) is 17.4 Å². The molecule has 0 aliphatic heterocycles. The zero-order valence-corrected chi connectivity index (χ0v) is 11.1. The second-order valence-corrected chi connectivity index (χ2v) is 4.88. The highest BCUT2D eigenvalue weighted by Gasteiger charge is 2.11. The number of halogens is 1. The normalized spacial score (nSPS) is 10.3. The molecule has 0 aliphatic rings. The van der Waals surface area contributed by atoms with Crippen molar-refractivity contribution < 1.29 is 4.79 Å². The lowest BCUT2D eigenvalue weighted by Crippen LogP contribution is -2.26. The van der Waals surface area contributed by atoms with Crippen molar-refractivity contribution in [2.45, 2.75) is 6.42 Å². The topological polar surface area (TPSA) is 68.0 Å². The zero-order valence-electron chi connectivity index (χ0n) is 9.52. The zero-order chi connectivity index (χ0) is 13.0. The molecule has 0 spiro atoms. The van der Waals surface area contributed by atoms with Gasteiger partial charge in [-0.25, -0.2) is 4.98 Å². The molecule has 0 bridgehead atoms. The van der Waals surface area contributed by atoms with Crippen LogP contribution in [0.3, 0.4) is 0 Å². The first kappa shape index (κ1) is 12.9. The Bertz CT molecular complexity index is 542. The molecular formula is C12H12ClN3OS. The lowest BCUT2D eigenvalue weighted by molar-refractivity contribution is 0.0954. The molecule has 0 aliphatic carbocycles. The summed E-state index contributed by atoms with van der Waals surface area (Å²) in [6.07, 6.45) is 2.22. The Kier molecular flexibility index (Phi) is 4.17. The molecule has 0 saturated heterocycles. The van der Waals surface area contributed by atoms with Crippen LogP contribution in [0.15, 0.2) is 29.1 Å². The molecule has 94 valence electrons. The Labute approximate surface area is 114 Å². The van der Waals surface area contributed by atoms with Gasteiger partial charge in [-0.3, -0.25) is 4.79 Å². The third-order valence-corrected chi connectivity index (χ3v) is 3.42. The van der Waals surface area contributed by atoms with Gasteiger partial charge in [-0.1, -0.05) is 11.6 Å². The van der Waals surface area contributed by atoms with Gasteiger partial charge in [0.2, 0.25) is 0 Å². The molecule has 2 aromatic heterocycles. The van der Waals surface area contributed by atoms with Crippen LogP contribution in [0.1, 0.15) is 15.9 Å². The second-order valence-electron chi connectivity index (χ2n) is 3.74. The summed E-state index contributed by atoms with van der Waals surface area (Å²) in [6, 6.07) is 3.56. The minimum Gasteiger partial charge on any atom is -0.397 e. The molecule has 1 amide bonds. The largest absolute Gasteiger partial charge is 0.397 e. The average Bonchev–Trinajstić information content (AvgIpc) is 2.85. The minimum atomic E-state index is -0.255. The summed E-state index contributed by atoms with van der Waals surface area (Å²) in [5.74, 6) is -0.255. The Morgan fingerprint density at radius 1 is 1.56 bits per heavy atom. The number of thiophene rings is 1. The number of pyridine rings is 1. The van der Waals surface area contributed by atoms with E-state index in [9.17, 15) is 4.79 Å². The fraction of sp³-hybridized carbons (Fsp3) is 0.167. The molecule has 2 heterocycles. The second kappa shape index (κ2) is 5.84. The Hall–Kier alpha value is -1.59. The molecule has 0 radical (unpaired) electrons. The van der Waals surface area contributed by atoms with E-state index in [0.717, 1.165) is 6.42 Å². The van der Waals surface area contributed by atoms with Gasteiger partial charge in [-0.2, -0.15) is 11.3 Å². The molecule has 0 atom stereocenters. The number of anilines is 1. The van der Waals surface area contributed by atoms with Gasteiger partial charge in [-0.05, 0) is 34.9 Å². The highest BCUT2D eigenvalue weighted by Crippen LogP contribution is 2.15. The highest BCUT2D eigenvalue weighted by atomic mass is 35.5. The number of hydrogen-bond donors (Lipinski definition) is 2. The lowest BCUT2D eigenvalue weighted by Gasteiger charge is -2.06. The number of nitrogens with two attached hydrogens (primary N) is 1. The Morgan fingerprint density at radius 2 is 2.39 bits per heavy atom. The number of carbonyl (C=O) groups is 1. The van der Waals surface area contributed by atoms with Crippen LogP contribution >= 0.6 is 22.9 Å². The SMILES string of the molecule is Nc1cnc(Cl)c(C(=O)NCCc2ccsc2)c1. The van der Waals surface area contributed by atoms with E-state index in [1.807, 2.05) is 11.4 Å². The molecule has 3 N–H and O–H groups in total. The molecule has 0 unspecified atom stereocenters. The fourth-order valence-corrected chi connectivity index (χ4v) is 2.37. The quantitative estimate of drug-likeness (QED) is 0.846. The van der Waals surface area contributed by atoms with Crippen molar-refractivity contribution >= 4 is 34.5 Å². The van der Waals surface area contributed by atoms with E-state index in [-0.39, 0.29) is 11.1 Å². The van der Waals surface area contributed by atoms with Gasteiger partial charge >= 0.3 is 0 Å². The Morgan fingerprint density at radius 3 is 3.11 bits per heavy atom. The van der Waals surface area contributed by atoms with Crippen molar-refractivity contribution in [3.63, 3.8) is 0 Å². The smallest absolute Gasteiger partial charge is 0.254 e. The summed E-state index contributed by atoms with van der Waals surface area (Å²) in [5, 5.41) is 7.02. The molecule has 6 heteroatoms. The van der Waals surface area contributed by atoms with E-state index < -0.39 is 0 Å². The third-order valence-electron chi connectivity index (χ3n) is 2.38. The van der Waals surface area contributed by atoms with E-state index in [0.29, 0.717) is 17.8 Å². The van der Waals surface area contributed by atoms with Crippen molar-refractivity contribution in [1.82, 2.24) is 10.3 Å². The molecule has 0 aromatic carbocycles. The van der Waals surface area contributed by atoms with Gasteiger partial charge < -0.3 is 11.1 Å². The molecule has 2 rings (SSSR count). The molecule has 2 aromatic rings. The summed E-state index contributed by atoms with van der Waals surface area (Å²) in [7, 11) is 0. The van der Waals surface area contributed by atoms with Gasteiger partial charge in [0.15, 0.2) is 0 Å². The molecule has 4 nitrogen and oxygen atoms in total. The standard InChI is InChI=1S/C12H12ClN3OS/c13-11-10(5-9(14)6-16-11)12(17)15-3-1-8-2-4-18-7-8/h2,4-7H,1,3,14H2,(H,15,17). The number of rotatable bonds is 4. The van der Waals surface area contributed by atoms with Crippen LogP contribution in [-0.4, -0.2) is 17.4 Å². The first-order valence-electron chi connectivity index (χ1n) is 5.37. The maximum absolute atomic E-state index is 11.9. The fourth-order valence-electron chi connectivity index (χ4n) is 1.47. The number of nitrogens with zero attached hydrogens (tertiary/aromatic N) is 1. The van der Waals surface area contributed by atoms with E-state index in [1.54, 1.807) is 11.3 Å². The average molecular weight is 282 g/mol. The van der Waals surface area contributed by atoms with Crippen molar-refractivity contribution in [1.29, 1.82) is 0 Å². The van der Waals surface area contributed by atoms with E-state index in [2.05, 4.69) is 15.7 Å². The molecule has 0 fully saturated rings. The summed E-state index contributed by atoms with van der Waals surface area (Å²) < 4.78 is 0. The van der Waals surface area contributed by atoms with Crippen LogP contribution in [0, 0.1) is 0 Å². The van der Waals surface area contributed by atoms with E-state index in [4.69, 9.17) is 17.3 Å². The number of nitrogens with one attached hydrogen (secondary N) is 1. The lowest BCUT2D eigenvalue weighted by atomic mass is 10.2. The summed E-state index contributed by atoms with van der Waals surface area (Å²) >= 11 is 7.48. The van der Waals surface area contributed by atoms with E-state index in [1.165, 1.54) is 17.8 Å². The number of nitrogen functional groups attached to an aromatic ring is 1. The first-order chi connectivity index (χ1) is 8.66. The maximum Gasteiger partial charge on any atom is 0.254 e. The monoisotopic (exact) mass is 281 g/mol. The number of hydrogen-bond acceptors (Lipinski definition) is 4. The van der Waals surface area contributed by atoms with Crippen LogP contribution in [-0.2, 0) is 6.42 Å². The maximum atomic E-state index is 11.9. The number of aromatic nitrogens is 1. The van der Waals surface area contributed by atoms with Crippen LogP contribution in [0.25, 0.3) is 0 Å². The van der Waals surface area contributed by atoms with Crippen molar-refractivity contribution in [3.05, 3.63) is 45.4 Å². The predicted molar refractivity (Wildman–Crippen MR) is 74.0 cm³/mol. The van der Waals surface area contributed by atoms with Crippen LogP contribution < -0.4 is 11.1 Å². The summed E-state index contributed by atoms with van der Waals surface area (Å²) in [6.45, 7) is 0.556. The van der Waals surface area contributed by atoms with Crippen molar-refractivity contribution in [2.75, 3.05) is 12.3 Å². The van der Waals surface area contributed by atoms with Crippen molar-refractivity contribution in [3.8, 4) is 0 Å². The predicted octanol–water partition coefficient (Wildman–Crippen LogP) is 2.35. The van der Waals surface area contributed by atoms with Crippen LogP contribution in [0.2, 0.25) is 5.15 Å². The summed E-state index contributed by atoms with van der Waals surface area (Å²) in [4.78, 5) is 15.7. The Balaban J connectivity index is 1.93. The van der Waals surface area contributed by atoms with Gasteiger partial charge in [0.1, 0.15) is 5.15 Å². The van der Waals surface area contributed by atoms with Crippen LogP contribution in [0.4, 0.5) is 5.69 Å².